The van der Waals surface area contributed by atoms with Crippen LogP contribution < -0.4 is 22.5 Å². The number of para-hydroxylation sites is 1. The zero-order chi connectivity index (χ0) is 16.8. The number of guanidine groups is 1. The summed E-state index contributed by atoms with van der Waals surface area (Å²) in [7, 11) is 0. The first-order chi connectivity index (χ1) is 11.0. The summed E-state index contributed by atoms with van der Waals surface area (Å²) in [5.41, 5.74) is 17.4. The molecule has 2 rings (SSSR count). The monoisotopic (exact) mass is 316 g/mol. The van der Waals surface area contributed by atoms with Gasteiger partial charge in [0, 0.05) is 23.6 Å². The lowest BCUT2D eigenvalue weighted by molar-refractivity contribution is -0.121. The van der Waals surface area contributed by atoms with Crippen molar-refractivity contribution in [3.05, 3.63) is 36.0 Å². The van der Waals surface area contributed by atoms with Gasteiger partial charge in [-0.3, -0.25) is 19.9 Å². The molecule has 1 aromatic heterocycles. The lowest BCUT2D eigenvalue weighted by Gasteiger charge is -2.10. The Morgan fingerprint density at radius 2 is 2.00 bits per heavy atom. The van der Waals surface area contributed by atoms with Crippen LogP contribution in [0.5, 0.6) is 0 Å². The highest BCUT2D eigenvalue weighted by Gasteiger charge is 2.19. The van der Waals surface area contributed by atoms with Crippen molar-refractivity contribution in [2.75, 3.05) is 6.54 Å². The highest BCUT2D eigenvalue weighted by Crippen LogP contribution is 2.17. The van der Waals surface area contributed by atoms with Crippen LogP contribution in [0.4, 0.5) is 0 Å². The number of fused-ring (bicyclic) bond motifs is 1. The summed E-state index contributed by atoms with van der Waals surface area (Å²) in [5, 5.41) is 3.07. The van der Waals surface area contributed by atoms with Gasteiger partial charge < -0.3 is 22.2 Å². The van der Waals surface area contributed by atoms with Gasteiger partial charge in [-0.25, -0.2) is 0 Å². The fourth-order valence-electron chi connectivity index (χ4n) is 2.18. The summed E-state index contributed by atoms with van der Waals surface area (Å²) in [6.45, 7) is 0.389. The zero-order valence-electron chi connectivity index (χ0n) is 12.6. The van der Waals surface area contributed by atoms with E-state index in [0.29, 0.717) is 24.9 Å². The number of hydrogen-bond donors (Lipinski definition) is 5. The maximum Gasteiger partial charge on any atom is 0.260 e. The molecule has 0 radical (unpaired) electrons. The van der Waals surface area contributed by atoms with Crippen LogP contribution in [-0.2, 0) is 4.79 Å². The molecule has 1 heterocycles. The zero-order valence-corrected chi connectivity index (χ0v) is 12.6. The lowest BCUT2D eigenvalue weighted by Crippen LogP contribution is -2.43. The van der Waals surface area contributed by atoms with Gasteiger partial charge in [0.25, 0.3) is 5.91 Å². The molecule has 0 saturated carbocycles. The number of aromatic nitrogens is 1. The predicted octanol–water partition coefficient (Wildman–Crippen LogP) is -0.195. The standard InChI is InChI=1S/C15H20N6O2/c16-11(5-3-7-19-15(17)18)14(23)21-13(22)10-8-20-12-6-2-1-4-9(10)12/h1-2,4,6,8,11,20H,3,5,7,16H2,(H4,17,18,19)(H,21,22,23)/t11-/m0/s1. The van der Waals surface area contributed by atoms with Crippen molar-refractivity contribution in [1.82, 2.24) is 10.3 Å². The molecule has 2 amide bonds. The molecule has 8 nitrogen and oxygen atoms in total. The number of aliphatic imine (C=N–C) groups is 1. The van der Waals surface area contributed by atoms with E-state index in [1.54, 1.807) is 12.3 Å². The molecule has 0 spiro atoms. The normalized spacial score (nSPS) is 11.9. The van der Waals surface area contributed by atoms with Crippen LogP contribution >= 0.6 is 0 Å². The van der Waals surface area contributed by atoms with Crippen LogP contribution in [0.15, 0.2) is 35.5 Å². The van der Waals surface area contributed by atoms with Crippen molar-refractivity contribution >= 4 is 28.7 Å². The van der Waals surface area contributed by atoms with E-state index in [9.17, 15) is 9.59 Å². The Labute approximate surface area is 133 Å². The predicted molar refractivity (Wildman–Crippen MR) is 88.7 cm³/mol. The molecule has 8 heteroatoms. The van der Waals surface area contributed by atoms with Crippen LogP contribution in [0.3, 0.4) is 0 Å². The number of hydrogen-bond acceptors (Lipinski definition) is 4. The number of carbonyl (C=O) groups is 2. The first-order valence-corrected chi connectivity index (χ1v) is 7.21. The Kier molecular flexibility index (Phi) is 5.32. The summed E-state index contributed by atoms with van der Waals surface area (Å²) >= 11 is 0. The molecule has 0 aliphatic carbocycles. The average molecular weight is 316 g/mol. The van der Waals surface area contributed by atoms with Gasteiger partial charge in [-0.1, -0.05) is 18.2 Å². The average Bonchev–Trinajstić information content (AvgIpc) is 2.95. The summed E-state index contributed by atoms with van der Waals surface area (Å²) in [6, 6.07) is 6.55. The maximum absolute atomic E-state index is 12.2. The summed E-state index contributed by atoms with van der Waals surface area (Å²) < 4.78 is 0. The third-order valence-electron chi connectivity index (χ3n) is 3.37. The molecule has 122 valence electrons. The van der Waals surface area contributed by atoms with Crippen LogP contribution in [0, 0.1) is 0 Å². The Hall–Kier alpha value is -2.87. The summed E-state index contributed by atoms with van der Waals surface area (Å²) in [4.78, 5) is 30.9. The van der Waals surface area contributed by atoms with Gasteiger partial charge in [-0.05, 0) is 18.9 Å². The van der Waals surface area contributed by atoms with Gasteiger partial charge in [0.2, 0.25) is 5.91 Å². The highest BCUT2D eigenvalue weighted by molar-refractivity contribution is 6.12. The quantitative estimate of drug-likeness (QED) is 0.284. The number of H-pyrrole nitrogens is 1. The van der Waals surface area contributed by atoms with E-state index in [0.717, 1.165) is 10.9 Å². The van der Waals surface area contributed by atoms with E-state index in [2.05, 4.69) is 15.3 Å². The Morgan fingerprint density at radius 1 is 1.26 bits per heavy atom. The highest BCUT2D eigenvalue weighted by atomic mass is 16.2. The van der Waals surface area contributed by atoms with E-state index in [-0.39, 0.29) is 5.96 Å². The first kappa shape index (κ1) is 16.5. The fraction of sp³-hybridized carbons (Fsp3) is 0.267. The van der Waals surface area contributed by atoms with Crippen molar-refractivity contribution in [3.8, 4) is 0 Å². The largest absolute Gasteiger partial charge is 0.370 e. The van der Waals surface area contributed by atoms with Crippen molar-refractivity contribution in [2.24, 2.45) is 22.2 Å². The van der Waals surface area contributed by atoms with Crippen molar-refractivity contribution in [3.63, 3.8) is 0 Å². The van der Waals surface area contributed by atoms with Gasteiger partial charge in [0.1, 0.15) is 0 Å². The van der Waals surface area contributed by atoms with E-state index >= 15 is 0 Å². The van der Waals surface area contributed by atoms with Crippen molar-refractivity contribution in [1.29, 1.82) is 0 Å². The van der Waals surface area contributed by atoms with E-state index in [4.69, 9.17) is 17.2 Å². The van der Waals surface area contributed by atoms with Gasteiger partial charge >= 0.3 is 0 Å². The molecular weight excluding hydrogens is 296 g/mol. The molecule has 1 aromatic carbocycles. The van der Waals surface area contributed by atoms with E-state index in [1.165, 1.54) is 0 Å². The minimum Gasteiger partial charge on any atom is -0.370 e. The van der Waals surface area contributed by atoms with E-state index < -0.39 is 17.9 Å². The van der Waals surface area contributed by atoms with Gasteiger partial charge in [-0.15, -0.1) is 0 Å². The van der Waals surface area contributed by atoms with Crippen LogP contribution in [0.25, 0.3) is 10.9 Å². The molecule has 23 heavy (non-hydrogen) atoms. The third kappa shape index (κ3) is 4.30. The second-order valence-corrected chi connectivity index (χ2v) is 5.12. The Morgan fingerprint density at radius 3 is 2.74 bits per heavy atom. The number of nitrogens with two attached hydrogens (primary N) is 3. The van der Waals surface area contributed by atoms with Crippen LogP contribution in [-0.4, -0.2) is 35.3 Å². The number of benzene rings is 1. The number of nitrogens with zero attached hydrogens (tertiary/aromatic N) is 1. The molecular formula is C15H20N6O2. The molecule has 8 N–H and O–H groups in total. The topological polar surface area (TPSA) is 152 Å². The molecule has 0 bridgehead atoms. The number of carbonyl (C=O) groups excluding carboxylic acids is 2. The molecule has 0 saturated heterocycles. The number of nitrogens with one attached hydrogen (secondary N) is 2. The Bertz CT molecular complexity index is 732. The molecule has 0 fully saturated rings. The Balaban J connectivity index is 1.91. The number of imide groups is 1. The van der Waals surface area contributed by atoms with Gasteiger partial charge in [0.05, 0.1) is 11.6 Å². The number of aromatic amines is 1. The van der Waals surface area contributed by atoms with Gasteiger partial charge in [0.15, 0.2) is 5.96 Å². The minimum absolute atomic E-state index is 0.00228. The van der Waals surface area contributed by atoms with Crippen molar-refractivity contribution < 1.29 is 9.59 Å². The molecule has 1 atom stereocenters. The summed E-state index contributed by atoms with van der Waals surface area (Å²) in [6.07, 6.45) is 2.50. The van der Waals surface area contributed by atoms with E-state index in [1.807, 2.05) is 18.2 Å². The molecule has 0 aliphatic heterocycles. The summed E-state index contributed by atoms with van der Waals surface area (Å²) in [5.74, 6) is -1.00. The second-order valence-electron chi connectivity index (χ2n) is 5.12. The number of rotatable bonds is 6. The minimum atomic E-state index is -0.793. The first-order valence-electron chi connectivity index (χ1n) is 7.21. The number of amides is 2. The molecule has 0 aliphatic rings. The molecule has 2 aromatic rings. The molecule has 0 unspecified atom stereocenters. The maximum atomic E-state index is 12.2. The second kappa shape index (κ2) is 7.41. The van der Waals surface area contributed by atoms with Crippen LogP contribution in [0.1, 0.15) is 23.2 Å². The van der Waals surface area contributed by atoms with Gasteiger partial charge in [-0.2, -0.15) is 0 Å². The van der Waals surface area contributed by atoms with Crippen molar-refractivity contribution in [2.45, 2.75) is 18.9 Å². The third-order valence-corrected chi connectivity index (χ3v) is 3.37. The smallest absolute Gasteiger partial charge is 0.260 e. The lowest BCUT2D eigenvalue weighted by atomic mass is 10.1. The van der Waals surface area contributed by atoms with Crippen LogP contribution in [0.2, 0.25) is 0 Å². The fourth-order valence-corrected chi connectivity index (χ4v) is 2.18. The SMILES string of the molecule is NC(N)=NCCC[C@H](N)C(=O)NC(=O)c1c[nH]c2ccccc12.